The van der Waals surface area contributed by atoms with Gasteiger partial charge in [0.25, 0.3) is 5.91 Å². The maximum absolute atomic E-state index is 11.8. The van der Waals surface area contributed by atoms with Crippen molar-refractivity contribution in [3.05, 3.63) is 70.0 Å². The largest absolute Gasteiger partial charge is 0.364 e. The number of primary amides is 1. The SMILES string of the molecule is NC(=O)c1nnc(CC2=CCC=C2)c2cc(-c3ccc(Br)cc3)sc12. The molecule has 0 saturated heterocycles. The lowest BCUT2D eigenvalue weighted by Crippen LogP contribution is -2.14. The second-order valence-corrected chi connectivity index (χ2v) is 7.78. The van der Waals surface area contributed by atoms with Crippen molar-refractivity contribution in [3.8, 4) is 10.4 Å². The van der Waals surface area contributed by atoms with Crippen LogP contribution in [0.1, 0.15) is 22.6 Å². The Morgan fingerprint density at radius 3 is 2.72 bits per heavy atom. The molecule has 6 heteroatoms. The van der Waals surface area contributed by atoms with Crippen LogP contribution in [0.2, 0.25) is 0 Å². The third-order valence-corrected chi connectivity index (χ3v) is 5.83. The molecule has 0 spiro atoms. The predicted octanol–water partition coefficient (Wildman–Crippen LogP) is 4.65. The van der Waals surface area contributed by atoms with Gasteiger partial charge in [-0.3, -0.25) is 4.79 Å². The van der Waals surface area contributed by atoms with Crippen LogP contribution >= 0.6 is 27.3 Å². The van der Waals surface area contributed by atoms with Gasteiger partial charge in [-0.05, 0) is 35.8 Å². The van der Waals surface area contributed by atoms with E-state index in [0.717, 1.165) is 37.1 Å². The van der Waals surface area contributed by atoms with Crippen LogP contribution in [0.15, 0.2) is 58.6 Å². The van der Waals surface area contributed by atoms with Crippen molar-refractivity contribution in [2.75, 3.05) is 0 Å². The molecule has 4 nitrogen and oxygen atoms in total. The van der Waals surface area contributed by atoms with Crippen molar-refractivity contribution in [3.63, 3.8) is 0 Å². The highest BCUT2D eigenvalue weighted by atomic mass is 79.9. The minimum Gasteiger partial charge on any atom is -0.364 e. The highest BCUT2D eigenvalue weighted by Crippen LogP contribution is 2.37. The maximum atomic E-state index is 11.8. The lowest BCUT2D eigenvalue weighted by atomic mass is 10.1. The molecule has 3 aromatic rings. The van der Waals surface area contributed by atoms with Gasteiger partial charge in [0, 0.05) is 21.2 Å². The highest BCUT2D eigenvalue weighted by molar-refractivity contribution is 9.10. The standard InChI is InChI=1S/C19H14BrN3OS/c20-13-7-5-12(6-8-13)16-10-14-15(9-11-3-1-2-4-11)22-23-17(19(21)24)18(14)25-16/h1,3-8,10H,2,9H2,(H2,21,24). The van der Waals surface area contributed by atoms with Crippen molar-refractivity contribution in [1.82, 2.24) is 10.2 Å². The van der Waals surface area contributed by atoms with Crippen LogP contribution in [0.4, 0.5) is 0 Å². The first-order valence-corrected chi connectivity index (χ1v) is 9.43. The molecule has 1 aliphatic rings. The summed E-state index contributed by atoms with van der Waals surface area (Å²) in [6.45, 7) is 0. The second-order valence-electron chi connectivity index (χ2n) is 5.81. The Morgan fingerprint density at radius 2 is 2.04 bits per heavy atom. The van der Waals surface area contributed by atoms with Crippen LogP contribution in [0.5, 0.6) is 0 Å². The molecule has 25 heavy (non-hydrogen) atoms. The molecule has 0 radical (unpaired) electrons. The van der Waals surface area contributed by atoms with Gasteiger partial charge in [-0.1, -0.05) is 46.3 Å². The molecule has 2 aromatic heterocycles. The number of nitrogens with two attached hydrogens (primary N) is 1. The molecule has 2 N–H and O–H groups in total. The van der Waals surface area contributed by atoms with Crippen LogP contribution < -0.4 is 5.73 Å². The number of carbonyl (C=O) groups is 1. The van der Waals surface area contributed by atoms with E-state index in [2.05, 4.69) is 50.4 Å². The number of allylic oxidation sites excluding steroid dienone is 4. The Labute approximate surface area is 157 Å². The number of rotatable bonds is 4. The fraction of sp³-hybridized carbons (Fsp3) is 0.105. The van der Waals surface area contributed by atoms with E-state index in [1.807, 2.05) is 24.3 Å². The van der Waals surface area contributed by atoms with Crippen LogP contribution in [-0.2, 0) is 6.42 Å². The summed E-state index contributed by atoms with van der Waals surface area (Å²) in [5.41, 5.74) is 8.92. The van der Waals surface area contributed by atoms with Crippen LogP contribution in [0.3, 0.4) is 0 Å². The maximum Gasteiger partial charge on any atom is 0.270 e. The van der Waals surface area contributed by atoms with Crippen molar-refractivity contribution in [2.45, 2.75) is 12.8 Å². The summed E-state index contributed by atoms with van der Waals surface area (Å²) in [7, 11) is 0. The topological polar surface area (TPSA) is 68.9 Å². The third-order valence-electron chi connectivity index (χ3n) is 4.11. The molecule has 2 heterocycles. The van der Waals surface area contributed by atoms with E-state index in [1.165, 1.54) is 16.9 Å². The Bertz CT molecular complexity index is 1030. The summed E-state index contributed by atoms with van der Waals surface area (Å²) in [6, 6.07) is 10.2. The van der Waals surface area contributed by atoms with E-state index in [9.17, 15) is 4.79 Å². The first-order valence-electron chi connectivity index (χ1n) is 7.82. The van der Waals surface area contributed by atoms with E-state index in [-0.39, 0.29) is 5.69 Å². The number of amides is 1. The summed E-state index contributed by atoms with van der Waals surface area (Å²) in [5.74, 6) is -0.548. The van der Waals surface area contributed by atoms with Crippen molar-refractivity contribution in [2.24, 2.45) is 5.73 Å². The minimum atomic E-state index is -0.548. The Morgan fingerprint density at radius 1 is 1.24 bits per heavy atom. The van der Waals surface area contributed by atoms with E-state index in [4.69, 9.17) is 5.73 Å². The number of halogens is 1. The number of benzene rings is 1. The van der Waals surface area contributed by atoms with Gasteiger partial charge >= 0.3 is 0 Å². The van der Waals surface area contributed by atoms with Crippen LogP contribution in [-0.4, -0.2) is 16.1 Å². The molecule has 0 aliphatic heterocycles. The zero-order chi connectivity index (χ0) is 17.4. The molecular formula is C19H14BrN3OS. The van der Waals surface area contributed by atoms with E-state index >= 15 is 0 Å². The zero-order valence-corrected chi connectivity index (χ0v) is 15.6. The Kier molecular flexibility index (Phi) is 4.23. The number of carbonyl (C=O) groups excluding carboxylic acids is 1. The molecule has 1 aromatic carbocycles. The average molecular weight is 412 g/mol. The number of hydrogen-bond donors (Lipinski definition) is 1. The molecule has 4 rings (SSSR count). The number of nitrogens with zero attached hydrogens (tertiary/aromatic N) is 2. The van der Waals surface area contributed by atoms with Gasteiger partial charge < -0.3 is 5.73 Å². The lowest BCUT2D eigenvalue weighted by molar-refractivity contribution is 0.0996. The van der Waals surface area contributed by atoms with Crippen molar-refractivity contribution in [1.29, 1.82) is 0 Å². The van der Waals surface area contributed by atoms with E-state index < -0.39 is 5.91 Å². The monoisotopic (exact) mass is 411 g/mol. The van der Waals surface area contributed by atoms with Gasteiger partial charge in [0.1, 0.15) is 0 Å². The molecule has 124 valence electrons. The molecule has 0 atom stereocenters. The van der Waals surface area contributed by atoms with Crippen molar-refractivity contribution >= 4 is 43.3 Å². The summed E-state index contributed by atoms with van der Waals surface area (Å²) >= 11 is 4.98. The fourth-order valence-corrected chi connectivity index (χ4v) is 4.31. The van der Waals surface area contributed by atoms with Crippen LogP contribution in [0.25, 0.3) is 20.5 Å². The molecule has 0 saturated carbocycles. The third kappa shape index (κ3) is 3.15. The van der Waals surface area contributed by atoms with Gasteiger partial charge in [-0.25, -0.2) is 0 Å². The average Bonchev–Trinajstić information content (AvgIpc) is 3.25. The number of aromatic nitrogens is 2. The number of hydrogen-bond acceptors (Lipinski definition) is 4. The quantitative estimate of drug-likeness (QED) is 0.678. The highest BCUT2D eigenvalue weighted by Gasteiger charge is 2.18. The molecule has 0 fully saturated rings. The van der Waals surface area contributed by atoms with Gasteiger partial charge in [-0.15, -0.1) is 16.4 Å². The molecule has 0 unspecified atom stereocenters. The summed E-state index contributed by atoms with van der Waals surface area (Å²) in [6.07, 6.45) is 8.07. The van der Waals surface area contributed by atoms with Gasteiger partial charge in [0.15, 0.2) is 5.69 Å². The van der Waals surface area contributed by atoms with Gasteiger partial charge in [0.2, 0.25) is 0 Å². The number of fused-ring (bicyclic) bond motifs is 1. The van der Waals surface area contributed by atoms with E-state index in [0.29, 0.717) is 6.42 Å². The second kappa shape index (κ2) is 6.54. The smallest absolute Gasteiger partial charge is 0.270 e. The Hall–Kier alpha value is -2.31. The zero-order valence-electron chi connectivity index (χ0n) is 13.2. The summed E-state index contributed by atoms with van der Waals surface area (Å²) < 4.78 is 1.83. The minimum absolute atomic E-state index is 0.239. The lowest BCUT2D eigenvalue weighted by Gasteiger charge is -2.03. The number of thiophene rings is 1. The van der Waals surface area contributed by atoms with Crippen molar-refractivity contribution < 1.29 is 4.79 Å². The first-order chi connectivity index (χ1) is 12.1. The Balaban J connectivity index is 1.86. The fourth-order valence-electron chi connectivity index (χ4n) is 2.87. The van der Waals surface area contributed by atoms with E-state index in [1.54, 1.807) is 0 Å². The molecule has 1 aliphatic carbocycles. The molecular weight excluding hydrogens is 398 g/mol. The summed E-state index contributed by atoms with van der Waals surface area (Å²) in [5, 5.41) is 9.33. The predicted molar refractivity (Wildman–Crippen MR) is 105 cm³/mol. The molecule has 0 bridgehead atoms. The van der Waals surface area contributed by atoms with Gasteiger partial charge in [0.05, 0.1) is 10.4 Å². The van der Waals surface area contributed by atoms with Gasteiger partial charge in [-0.2, -0.15) is 5.10 Å². The van der Waals surface area contributed by atoms with Crippen LogP contribution in [0, 0.1) is 0 Å². The normalized spacial score (nSPS) is 13.4. The molecule has 1 amide bonds. The first kappa shape index (κ1) is 16.2. The summed E-state index contributed by atoms with van der Waals surface area (Å²) in [4.78, 5) is 12.8.